The van der Waals surface area contributed by atoms with E-state index in [1.165, 1.54) is 16.8 Å². The number of anilines is 1. The maximum absolute atomic E-state index is 4.29. The van der Waals surface area contributed by atoms with Gasteiger partial charge in [-0.05, 0) is 46.9 Å². The summed E-state index contributed by atoms with van der Waals surface area (Å²) in [7, 11) is 2.08. The molecule has 0 saturated carbocycles. The largest absolute Gasteiger partial charge is 0.351 e. The molecule has 0 fully saturated rings. The van der Waals surface area contributed by atoms with Crippen LogP contribution in [0, 0.1) is 0 Å². The van der Waals surface area contributed by atoms with Crippen LogP contribution in [0.25, 0.3) is 16.7 Å². The monoisotopic (exact) mass is 299 g/mol. The van der Waals surface area contributed by atoms with Crippen molar-refractivity contribution in [3.8, 4) is 11.1 Å². The molecule has 0 aliphatic carbocycles. The van der Waals surface area contributed by atoms with Gasteiger partial charge in [-0.25, -0.2) is 0 Å². The molecule has 1 heteroatoms. The Hall–Kier alpha value is -2.80. The van der Waals surface area contributed by atoms with Crippen molar-refractivity contribution in [1.29, 1.82) is 0 Å². The van der Waals surface area contributed by atoms with Gasteiger partial charge in [-0.2, -0.15) is 0 Å². The molecule has 0 saturated heterocycles. The molecule has 1 aliphatic rings. The highest BCUT2D eigenvalue weighted by molar-refractivity contribution is 5.92. The molecule has 114 valence electrons. The fourth-order valence-corrected chi connectivity index (χ4v) is 2.88. The lowest BCUT2D eigenvalue weighted by Crippen LogP contribution is -2.09. The first-order valence-corrected chi connectivity index (χ1v) is 7.74. The lowest BCUT2D eigenvalue weighted by Gasteiger charge is -2.20. The van der Waals surface area contributed by atoms with Crippen LogP contribution >= 0.6 is 0 Å². The highest BCUT2D eigenvalue weighted by Crippen LogP contribution is 2.37. The zero-order valence-electron chi connectivity index (χ0n) is 13.7. The number of fused-ring (bicyclic) bond motifs is 3. The molecular weight excluding hydrogens is 278 g/mol. The fourth-order valence-electron chi connectivity index (χ4n) is 2.88. The second-order valence-corrected chi connectivity index (χ2v) is 5.88. The molecule has 0 radical (unpaired) electrons. The van der Waals surface area contributed by atoms with Crippen LogP contribution in [0.5, 0.6) is 0 Å². The number of rotatable bonds is 0. The Balaban J connectivity index is 2.32. The second-order valence-electron chi connectivity index (χ2n) is 5.88. The van der Waals surface area contributed by atoms with Crippen molar-refractivity contribution in [1.82, 2.24) is 0 Å². The maximum Gasteiger partial charge on any atom is 0.0483 e. The molecule has 1 heterocycles. The molecule has 2 aromatic rings. The summed E-state index contributed by atoms with van der Waals surface area (Å²) in [6, 6.07) is 16.8. The van der Waals surface area contributed by atoms with Crippen molar-refractivity contribution in [2.45, 2.75) is 6.92 Å². The summed E-state index contributed by atoms with van der Waals surface area (Å²) in [6.07, 6.45) is 6.28. The smallest absolute Gasteiger partial charge is 0.0483 e. The molecule has 0 unspecified atom stereocenters. The third-order valence-electron chi connectivity index (χ3n) is 4.18. The first-order valence-electron chi connectivity index (χ1n) is 7.74. The Kier molecular flexibility index (Phi) is 4.03. The van der Waals surface area contributed by atoms with Gasteiger partial charge in [-0.15, -0.1) is 0 Å². The van der Waals surface area contributed by atoms with Crippen molar-refractivity contribution in [2.75, 3.05) is 11.9 Å². The first kappa shape index (κ1) is 15.1. The molecule has 1 nitrogen and oxygen atoms in total. The Labute approximate surface area is 138 Å². The molecule has 0 amide bonds. The Morgan fingerprint density at radius 1 is 0.826 bits per heavy atom. The van der Waals surface area contributed by atoms with Crippen LogP contribution in [0.4, 0.5) is 5.69 Å². The van der Waals surface area contributed by atoms with Gasteiger partial charge in [-0.1, -0.05) is 61.7 Å². The summed E-state index contributed by atoms with van der Waals surface area (Å²) in [4.78, 5) is 2.15. The Morgan fingerprint density at radius 3 is 2.17 bits per heavy atom. The van der Waals surface area contributed by atoms with Gasteiger partial charge in [0.2, 0.25) is 0 Å². The van der Waals surface area contributed by atoms with Crippen molar-refractivity contribution in [3.05, 3.63) is 96.8 Å². The molecule has 0 bridgehead atoms. The van der Waals surface area contributed by atoms with Crippen LogP contribution in [0.3, 0.4) is 0 Å². The normalized spacial score (nSPS) is 18.3. The lowest BCUT2D eigenvalue weighted by atomic mass is 9.90. The van der Waals surface area contributed by atoms with Crippen LogP contribution in [-0.2, 0) is 0 Å². The molecular formula is C22H21N. The van der Waals surface area contributed by atoms with Crippen molar-refractivity contribution in [2.24, 2.45) is 0 Å². The molecule has 2 aromatic carbocycles. The Morgan fingerprint density at radius 2 is 1.43 bits per heavy atom. The number of nitrogens with zero attached hydrogens (tertiary/aromatic N) is 1. The molecule has 3 rings (SSSR count). The summed E-state index contributed by atoms with van der Waals surface area (Å²) in [5.41, 5.74) is 7.74. The molecule has 23 heavy (non-hydrogen) atoms. The van der Waals surface area contributed by atoms with E-state index in [9.17, 15) is 0 Å². The van der Waals surface area contributed by atoms with Gasteiger partial charge < -0.3 is 4.90 Å². The number of hydrogen-bond acceptors (Lipinski definition) is 1. The summed E-state index contributed by atoms with van der Waals surface area (Å²) in [5.74, 6) is 0. The number of hydrogen-bond donors (Lipinski definition) is 0. The number of benzene rings is 2. The van der Waals surface area contributed by atoms with Gasteiger partial charge >= 0.3 is 0 Å². The van der Waals surface area contributed by atoms with Gasteiger partial charge in [0.05, 0.1) is 0 Å². The summed E-state index contributed by atoms with van der Waals surface area (Å²) >= 11 is 0. The molecule has 1 aliphatic heterocycles. The Bertz CT molecular complexity index is 837. The summed E-state index contributed by atoms with van der Waals surface area (Å²) in [6.45, 7) is 10.6. The van der Waals surface area contributed by atoms with Gasteiger partial charge in [0.15, 0.2) is 0 Å². The molecule has 0 N–H and O–H groups in total. The topological polar surface area (TPSA) is 3.24 Å². The van der Waals surface area contributed by atoms with Gasteiger partial charge in [-0.3, -0.25) is 0 Å². The van der Waals surface area contributed by atoms with E-state index >= 15 is 0 Å². The average molecular weight is 299 g/mol. The zero-order valence-corrected chi connectivity index (χ0v) is 13.7. The van der Waals surface area contributed by atoms with E-state index in [1.807, 2.05) is 0 Å². The van der Waals surface area contributed by atoms with Crippen LogP contribution in [0.1, 0.15) is 12.5 Å². The minimum Gasteiger partial charge on any atom is -0.351 e. The summed E-state index contributed by atoms with van der Waals surface area (Å²) in [5, 5.41) is 0. The molecule has 0 aromatic heterocycles. The van der Waals surface area contributed by atoms with Crippen LogP contribution in [0.2, 0.25) is 0 Å². The van der Waals surface area contributed by atoms with E-state index < -0.39 is 0 Å². The maximum atomic E-state index is 4.29. The standard InChI is InChI=1S/C22H21N/c1-16-13-14-23(4)22-12-8-7-11-21(22)20-10-6-5-9-19(20)18(3)17(2)15-16/h5-15H,2-3H2,1,4H3/b14-13-,16-15-. The number of para-hydroxylation sites is 1. The van der Waals surface area contributed by atoms with Crippen LogP contribution in [-0.4, -0.2) is 7.05 Å². The fraction of sp³-hybridized carbons (Fsp3) is 0.0909. The van der Waals surface area contributed by atoms with E-state index in [0.717, 1.165) is 22.3 Å². The van der Waals surface area contributed by atoms with E-state index in [-0.39, 0.29) is 0 Å². The van der Waals surface area contributed by atoms with E-state index in [2.05, 4.69) is 98.9 Å². The number of allylic oxidation sites excluding steroid dienone is 5. The van der Waals surface area contributed by atoms with Crippen molar-refractivity contribution >= 4 is 11.3 Å². The van der Waals surface area contributed by atoms with Crippen molar-refractivity contribution in [3.63, 3.8) is 0 Å². The van der Waals surface area contributed by atoms with Gasteiger partial charge in [0.25, 0.3) is 0 Å². The predicted octanol–water partition coefficient (Wildman–Crippen LogP) is 5.83. The van der Waals surface area contributed by atoms with E-state index in [0.29, 0.717) is 0 Å². The minimum absolute atomic E-state index is 0.946. The molecule has 0 spiro atoms. The van der Waals surface area contributed by atoms with Crippen LogP contribution < -0.4 is 4.90 Å². The van der Waals surface area contributed by atoms with E-state index in [4.69, 9.17) is 0 Å². The third kappa shape index (κ3) is 2.91. The first-order chi connectivity index (χ1) is 11.1. The van der Waals surface area contributed by atoms with Crippen LogP contribution in [0.15, 0.2) is 91.2 Å². The molecule has 0 atom stereocenters. The highest BCUT2D eigenvalue weighted by atomic mass is 15.1. The predicted molar refractivity (Wildman–Crippen MR) is 101 cm³/mol. The lowest BCUT2D eigenvalue weighted by molar-refractivity contribution is 1.20. The summed E-state index contributed by atoms with van der Waals surface area (Å²) < 4.78 is 0. The van der Waals surface area contributed by atoms with Gasteiger partial charge in [0, 0.05) is 24.5 Å². The highest BCUT2D eigenvalue weighted by Gasteiger charge is 2.14. The quantitative estimate of drug-likeness (QED) is 0.591. The van der Waals surface area contributed by atoms with Gasteiger partial charge in [0.1, 0.15) is 0 Å². The van der Waals surface area contributed by atoms with E-state index in [1.54, 1.807) is 0 Å². The zero-order chi connectivity index (χ0) is 16.4. The SMILES string of the molecule is C=C1/C=C(C)\C=C/N(C)c2ccccc2-c2ccccc2C1=C. The third-order valence-corrected chi connectivity index (χ3v) is 4.18. The average Bonchev–Trinajstić information content (AvgIpc) is 2.59. The second kappa shape index (κ2) is 6.13. The van der Waals surface area contributed by atoms with Crippen molar-refractivity contribution < 1.29 is 0 Å². The minimum atomic E-state index is 0.946.